The summed E-state index contributed by atoms with van der Waals surface area (Å²) in [5.74, 6) is 1.03. The topological polar surface area (TPSA) is 72.4 Å². The second kappa shape index (κ2) is 9.78. The first-order valence-electron chi connectivity index (χ1n) is 10.8. The molecule has 1 aliphatic heterocycles. The first kappa shape index (κ1) is 21.1. The van der Waals surface area contributed by atoms with Crippen molar-refractivity contribution < 1.29 is 9.53 Å². The minimum atomic E-state index is 0.138. The minimum Gasteiger partial charge on any atom is -0.497 e. The summed E-state index contributed by atoms with van der Waals surface area (Å²) in [5, 5.41) is 9.96. The number of piperazine rings is 1. The summed E-state index contributed by atoms with van der Waals surface area (Å²) in [4.78, 5) is 20.8. The predicted molar refractivity (Wildman–Crippen MR) is 121 cm³/mol. The van der Waals surface area contributed by atoms with Gasteiger partial charge in [0.05, 0.1) is 18.7 Å². The Bertz CT molecular complexity index is 1070. The van der Waals surface area contributed by atoms with E-state index in [1.807, 2.05) is 18.2 Å². The van der Waals surface area contributed by atoms with Crippen LogP contribution in [0.2, 0.25) is 0 Å². The molecule has 0 unspecified atom stereocenters. The van der Waals surface area contributed by atoms with Crippen LogP contribution in [-0.2, 0) is 6.54 Å². The van der Waals surface area contributed by atoms with Crippen LogP contribution < -0.4 is 4.74 Å². The number of hydrogen-bond donors (Lipinski definition) is 1. The van der Waals surface area contributed by atoms with Crippen molar-refractivity contribution in [3.8, 4) is 11.8 Å². The monoisotopic (exact) mass is 416 g/mol. The van der Waals surface area contributed by atoms with Crippen LogP contribution in [0.25, 0.3) is 10.9 Å². The van der Waals surface area contributed by atoms with E-state index in [0.717, 1.165) is 62.3 Å². The highest BCUT2D eigenvalue weighted by Crippen LogP contribution is 2.22. The van der Waals surface area contributed by atoms with E-state index in [2.05, 4.69) is 33.0 Å². The summed E-state index contributed by atoms with van der Waals surface area (Å²) in [7, 11) is 1.69. The van der Waals surface area contributed by atoms with Crippen molar-refractivity contribution in [2.45, 2.75) is 19.4 Å². The lowest BCUT2D eigenvalue weighted by atomic mass is 10.0. The van der Waals surface area contributed by atoms with E-state index in [-0.39, 0.29) is 5.78 Å². The third kappa shape index (κ3) is 5.13. The number of Topliss-reactive ketones (excluding diaryl/α,β-unsaturated/α-hetero) is 1. The van der Waals surface area contributed by atoms with Crippen molar-refractivity contribution in [1.29, 1.82) is 5.26 Å². The molecular formula is C25H28N4O2. The van der Waals surface area contributed by atoms with Crippen LogP contribution in [-0.4, -0.2) is 60.4 Å². The number of aromatic amines is 1. The van der Waals surface area contributed by atoms with Crippen molar-refractivity contribution in [2.75, 3.05) is 39.8 Å². The zero-order chi connectivity index (χ0) is 21.6. The van der Waals surface area contributed by atoms with Crippen molar-refractivity contribution in [3.63, 3.8) is 0 Å². The van der Waals surface area contributed by atoms with E-state index in [1.54, 1.807) is 25.4 Å². The molecule has 0 saturated carbocycles. The van der Waals surface area contributed by atoms with Gasteiger partial charge < -0.3 is 14.6 Å². The molecule has 0 bridgehead atoms. The highest BCUT2D eigenvalue weighted by molar-refractivity contribution is 6.08. The van der Waals surface area contributed by atoms with Gasteiger partial charge >= 0.3 is 0 Å². The van der Waals surface area contributed by atoms with Gasteiger partial charge in [0.2, 0.25) is 0 Å². The van der Waals surface area contributed by atoms with E-state index < -0.39 is 0 Å². The number of methoxy groups -OCH3 is 1. The molecule has 0 amide bonds. The van der Waals surface area contributed by atoms with Crippen LogP contribution in [0.15, 0.2) is 48.7 Å². The van der Waals surface area contributed by atoms with Gasteiger partial charge in [-0.15, -0.1) is 0 Å². The lowest BCUT2D eigenvalue weighted by Crippen LogP contribution is -2.46. The van der Waals surface area contributed by atoms with Gasteiger partial charge in [-0.2, -0.15) is 5.26 Å². The molecule has 1 saturated heterocycles. The Morgan fingerprint density at radius 3 is 2.55 bits per heavy atom. The first-order valence-corrected chi connectivity index (χ1v) is 10.8. The molecule has 4 rings (SSSR count). The van der Waals surface area contributed by atoms with Crippen LogP contribution in [0.1, 0.15) is 34.3 Å². The molecule has 0 radical (unpaired) electrons. The largest absolute Gasteiger partial charge is 0.497 e. The van der Waals surface area contributed by atoms with Crippen molar-refractivity contribution in [3.05, 3.63) is 65.4 Å². The molecule has 1 N–H and O–H groups in total. The average Bonchev–Trinajstić information content (AvgIpc) is 3.24. The molecule has 6 nitrogen and oxygen atoms in total. The van der Waals surface area contributed by atoms with Crippen molar-refractivity contribution in [1.82, 2.24) is 14.8 Å². The summed E-state index contributed by atoms with van der Waals surface area (Å²) in [6.45, 7) is 6.04. The molecule has 1 fully saturated rings. The summed E-state index contributed by atoms with van der Waals surface area (Å²) < 4.78 is 5.22. The molecule has 2 heterocycles. The molecule has 1 aliphatic rings. The van der Waals surface area contributed by atoms with Gasteiger partial charge in [0, 0.05) is 61.8 Å². The lowest BCUT2D eigenvalue weighted by molar-refractivity contribution is 0.0961. The summed E-state index contributed by atoms with van der Waals surface area (Å²) >= 11 is 0. The molecule has 31 heavy (non-hydrogen) atoms. The molecule has 6 heteroatoms. The highest BCUT2D eigenvalue weighted by atomic mass is 16.5. The number of ether oxygens (including phenoxy) is 1. The van der Waals surface area contributed by atoms with E-state index >= 15 is 0 Å². The fourth-order valence-corrected chi connectivity index (χ4v) is 4.18. The maximum atomic E-state index is 12.7. The average molecular weight is 417 g/mol. The highest BCUT2D eigenvalue weighted by Gasteiger charge is 2.18. The number of carbonyl (C=O) groups excluding carboxylic acids is 1. The molecule has 0 atom stereocenters. The Hall–Kier alpha value is -3.14. The first-order chi connectivity index (χ1) is 15.2. The molecular weight excluding hydrogens is 388 g/mol. The number of rotatable bonds is 8. The molecule has 2 aromatic carbocycles. The Morgan fingerprint density at radius 2 is 1.84 bits per heavy atom. The van der Waals surface area contributed by atoms with Crippen molar-refractivity contribution in [2.24, 2.45) is 0 Å². The fraction of sp³-hybridized carbons (Fsp3) is 0.360. The number of nitrogens with one attached hydrogen (secondary N) is 1. The molecule has 1 aromatic heterocycles. The Morgan fingerprint density at radius 1 is 1.10 bits per heavy atom. The molecule has 3 aromatic rings. The quantitative estimate of drug-likeness (QED) is 0.565. The second-order valence-electron chi connectivity index (χ2n) is 8.07. The number of nitriles is 1. The smallest absolute Gasteiger partial charge is 0.165 e. The number of benzene rings is 2. The number of nitrogens with zero attached hydrogens (tertiary/aromatic N) is 3. The van der Waals surface area contributed by atoms with E-state index in [4.69, 9.17) is 10.00 Å². The Labute approximate surface area is 183 Å². The van der Waals surface area contributed by atoms with Gasteiger partial charge in [0.15, 0.2) is 5.78 Å². The number of carbonyl (C=O) groups is 1. The van der Waals surface area contributed by atoms with Gasteiger partial charge in [0.1, 0.15) is 5.75 Å². The van der Waals surface area contributed by atoms with E-state index in [1.165, 1.54) is 5.56 Å². The van der Waals surface area contributed by atoms with Crippen LogP contribution in [0, 0.1) is 11.3 Å². The second-order valence-corrected chi connectivity index (χ2v) is 8.07. The maximum absolute atomic E-state index is 12.7. The van der Waals surface area contributed by atoms with Crippen LogP contribution >= 0.6 is 0 Å². The lowest BCUT2D eigenvalue weighted by Gasteiger charge is -2.34. The zero-order valence-corrected chi connectivity index (χ0v) is 17.9. The zero-order valence-electron chi connectivity index (χ0n) is 17.9. The van der Waals surface area contributed by atoms with E-state index in [9.17, 15) is 4.79 Å². The van der Waals surface area contributed by atoms with Gasteiger partial charge in [-0.05, 0) is 48.9 Å². The van der Waals surface area contributed by atoms with Crippen LogP contribution in [0.5, 0.6) is 5.75 Å². The molecule has 0 spiro atoms. The molecule has 0 aliphatic carbocycles. The normalized spacial score (nSPS) is 15.1. The maximum Gasteiger partial charge on any atom is 0.165 e. The van der Waals surface area contributed by atoms with Crippen LogP contribution in [0.4, 0.5) is 0 Å². The fourth-order valence-electron chi connectivity index (χ4n) is 4.18. The standard InChI is InChI=1S/C25H28N4O2/c1-31-21-7-4-19(5-8-21)18-29-13-11-28(12-14-29)10-2-3-25(30)23-17-27-24-9-6-20(16-26)15-22(23)24/h4-9,15,17,27H,2-3,10-14,18H2,1H3. The predicted octanol–water partition coefficient (Wildman–Crippen LogP) is 3.83. The number of H-pyrrole nitrogens is 1. The van der Waals surface area contributed by atoms with Gasteiger partial charge in [-0.1, -0.05) is 12.1 Å². The minimum absolute atomic E-state index is 0.138. The molecule has 160 valence electrons. The summed E-state index contributed by atoms with van der Waals surface area (Å²) in [6.07, 6.45) is 3.14. The Balaban J connectivity index is 1.22. The SMILES string of the molecule is COc1ccc(CN2CCN(CCCC(=O)c3c[nH]c4ccc(C#N)cc34)CC2)cc1. The number of ketones is 1. The van der Waals surface area contributed by atoms with Crippen molar-refractivity contribution >= 4 is 16.7 Å². The van der Waals surface area contributed by atoms with Gasteiger partial charge in [0.25, 0.3) is 0 Å². The number of aromatic nitrogens is 1. The number of fused-ring (bicyclic) bond motifs is 1. The third-order valence-electron chi connectivity index (χ3n) is 6.02. The summed E-state index contributed by atoms with van der Waals surface area (Å²) in [5.41, 5.74) is 3.47. The van der Waals surface area contributed by atoms with Gasteiger partial charge in [-0.3, -0.25) is 9.69 Å². The Kier molecular flexibility index (Phi) is 6.66. The van der Waals surface area contributed by atoms with Gasteiger partial charge in [-0.25, -0.2) is 0 Å². The summed E-state index contributed by atoms with van der Waals surface area (Å²) in [6, 6.07) is 15.8. The van der Waals surface area contributed by atoms with E-state index in [0.29, 0.717) is 17.5 Å². The van der Waals surface area contributed by atoms with Crippen LogP contribution in [0.3, 0.4) is 0 Å². The third-order valence-corrected chi connectivity index (χ3v) is 6.02. The number of hydrogen-bond acceptors (Lipinski definition) is 5.